The number of furan rings is 1. The van der Waals surface area contributed by atoms with Crippen LogP contribution in [0.2, 0.25) is 0 Å². The highest BCUT2D eigenvalue weighted by molar-refractivity contribution is 5.16. The molecule has 0 aliphatic heterocycles. The van der Waals surface area contributed by atoms with Crippen molar-refractivity contribution < 1.29 is 9.15 Å². The van der Waals surface area contributed by atoms with Gasteiger partial charge in [-0.1, -0.05) is 0 Å². The molecule has 0 atom stereocenters. The summed E-state index contributed by atoms with van der Waals surface area (Å²) in [5.74, 6) is 1.02. The summed E-state index contributed by atoms with van der Waals surface area (Å²) in [5, 5.41) is 3.48. The molecule has 1 N–H and O–H groups in total. The molecule has 21 heavy (non-hydrogen) atoms. The van der Waals surface area contributed by atoms with Crippen molar-refractivity contribution in [2.75, 3.05) is 13.2 Å². The smallest absolute Gasteiger partial charge is 0.123 e. The van der Waals surface area contributed by atoms with Crippen LogP contribution in [0.4, 0.5) is 0 Å². The Kier molecular flexibility index (Phi) is 6.27. The first-order valence-electron chi connectivity index (χ1n) is 8.20. The fourth-order valence-corrected chi connectivity index (χ4v) is 2.64. The van der Waals surface area contributed by atoms with Gasteiger partial charge in [0, 0.05) is 30.2 Å². The van der Waals surface area contributed by atoms with E-state index in [1.807, 2.05) is 6.07 Å². The van der Waals surface area contributed by atoms with Crippen LogP contribution >= 0.6 is 0 Å². The minimum atomic E-state index is 0.556. The lowest BCUT2D eigenvalue weighted by Crippen LogP contribution is -2.39. The maximum Gasteiger partial charge on any atom is 0.123 e. The summed E-state index contributed by atoms with van der Waals surface area (Å²) in [6, 6.07) is 3.84. The zero-order valence-electron chi connectivity index (χ0n) is 13.9. The molecule has 120 valence electrons. The molecule has 0 unspecified atom stereocenters. The molecule has 1 aromatic rings. The van der Waals surface area contributed by atoms with Crippen LogP contribution in [0.25, 0.3) is 0 Å². The number of hydrogen-bond acceptors (Lipinski definition) is 4. The summed E-state index contributed by atoms with van der Waals surface area (Å²) in [6.45, 7) is 12.1. The molecule has 1 aromatic heterocycles. The molecular weight excluding hydrogens is 264 g/mol. The molecule has 1 fully saturated rings. The van der Waals surface area contributed by atoms with Gasteiger partial charge in [-0.05, 0) is 46.6 Å². The molecule has 2 rings (SSSR count). The highest BCUT2D eigenvalue weighted by Gasteiger charge is 2.21. The predicted octanol–water partition coefficient (Wildman–Crippen LogP) is 3.17. The van der Waals surface area contributed by atoms with E-state index < -0.39 is 0 Å². The molecule has 1 saturated carbocycles. The summed E-state index contributed by atoms with van der Waals surface area (Å²) >= 11 is 0. The Labute approximate surface area is 128 Å². The molecule has 1 aliphatic carbocycles. The van der Waals surface area contributed by atoms with Crippen molar-refractivity contribution in [1.82, 2.24) is 10.2 Å². The third-order valence-corrected chi connectivity index (χ3v) is 4.04. The third kappa shape index (κ3) is 5.46. The number of hydrogen-bond donors (Lipinski definition) is 1. The zero-order valence-corrected chi connectivity index (χ0v) is 13.9. The number of nitrogens with zero attached hydrogens (tertiary/aromatic N) is 1. The quantitative estimate of drug-likeness (QED) is 0.673. The van der Waals surface area contributed by atoms with Crippen molar-refractivity contribution in [3.8, 4) is 0 Å². The van der Waals surface area contributed by atoms with Crippen LogP contribution in [-0.2, 0) is 17.9 Å². The number of rotatable bonds is 10. The van der Waals surface area contributed by atoms with Gasteiger partial charge in [0.05, 0.1) is 26.0 Å². The first-order valence-corrected chi connectivity index (χ1v) is 8.20. The van der Waals surface area contributed by atoms with Crippen LogP contribution < -0.4 is 5.32 Å². The van der Waals surface area contributed by atoms with Crippen molar-refractivity contribution in [3.05, 3.63) is 23.7 Å². The monoisotopic (exact) mass is 294 g/mol. The van der Waals surface area contributed by atoms with E-state index in [2.05, 4.69) is 37.9 Å². The van der Waals surface area contributed by atoms with Gasteiger partial charge in [0.2, 0.25) is 0 Å². The van der Waals surface area contributed by atoms with E-state index in [9.17, 15) is 0 Å². The SMILES string of the molecule is CC(C)N(CCOCc1ccoc1CNC1CC1)C(C)C. The predicted molar refractivity (Wildman–Crippen MR) is 85.2 cm³/mol. The lowest BCUT2D eigenvalue weighted by Gasteiger charge is -2.30. The van der Waals surface area contributed by atoms with Crippen molar-refractivity contribution in [2.45, 2.75) is 71.8 Å². The minimum absolute atomic E-state index is 0.556. The minimum Gasteiger partial charge on any atom is -0.468 e. The van der Waals surface area contributed by atoms with Gasteiger partial charge in [0.25, 0.3) is 0 Å². The molecule has 0 saturated heterocycles. The summed E-state index contributed by atoms with van der Waals surface area (Å²) in [4.78, 5) is 2.45. The summed E-state index contributed by atoms with van der Waals surface area (Å²) in [5.41, 5.74) is 1.17. The van der Waals surface area contributed by atoms with Gasteiger partial charge in [-0.25, -0.2) is 0 Å². The second kappa shape index (κ2) is 7.97. The second-order valence-electron chi connectivity index (χ2n) is 6.50. The van der Waals surface area contributed by atoms with Gasteiger partial charge < -0.3 is 14.5 Å². The summed E-state index contributed by atoms with van der Waals surface area (Å²) in [6.07, 6.45) is 4.36. The van der Waals surface area contributed by atoms with Gasteiger partial charge in [-0.3, -0.25) is 4.90 Å². The molecule has 0 spiro atoms. The fourth-order valence-electron chi connectivity index (χ4n) is 2.64. The number of ether oxygens (including phenoxy) is 1. The largest absolute Gasteiger partial charge is 0.468 e. The molecule has 4 nitrogen and oxygen atoms in total. The van der Waals surface area contributed by atoms with E-state index in [0.29, 0.717) is 24.7 Å². The molecule has 0 amide bonds. The lowest BCUT2D eigenvalue weighted by atomic mass is 10.2. The fraction of sp³-hybridized carbons (Fsp3) is 0.765. The van der Waals surface area contributed by atoms with E-state index in [4.69, 9.17) is 9.15 Å². The van der Waals surface area contributed by atoms with Crippen molar-refractivity contribution in [1.29, 1.82) is 0 Å². The van der Waals surface area contributed by atoms with Gasteiger partial charge >= 0.3 is 0 Å². The van der Waals surface area contributed by atoms with E-state index in [-0.39, 0.29) is 0 Å². The molecule has 0 aromatic carbocycles. The Balaban J connectivity index is 1.69. The zero-order chi connectivity index (χ0) is 15.2. The van der Waals surface area contributed by atoms with Gasteiger partial charge in [-0.15, -0.1) is 0 Å². The van der Waals surface area contributed by atoms with Crippen molar-refractivity contribution in [2.24, 2.45) is 0 Å². The molecule has 1 aliphatic rings. The Bertz CT molecular complexity index is 403. The number of nitrogens with one attached hydrogen (secondary N) is 1. The lowest BCUT2D eigenvalue weighted by molar-refractivity contribution is 0.0693. The van der Waals surface area contributed by atoms with Crippen LogP contribution in [0, 0.1) is 0 Å². The van der Waals surface area contributed by atoms with E-state index >= 15 is 0 Å². The molecular formula is C17H30N2O2. The van der Waals surface area contributed by atoms with Crippen molar-refractivity contribution in [3.63, 3.8) is 0 Å². The van der Waals surface area contributed by atoms with Gasteiger partial charge in [0.15, 0.2) is 0 Å². The maximum atomic E-state index is 5.84. The van der Waals surface area contributed by atoms with Crippen LogP contribution in [0.3, 0.4) is 0 Å². The normalized spacial score (nSPS) is 15.6. The van der Waals surface area contributed by atoms with Crippen LogP contribution in [0.15, 0.2) is 16.7 Å². The summed E-state index contributed by atoms with van der Waals surface area (Å²) in [7, 11) is 0. The first kappa shape index (κ1) is 16.5. The third-order valence-electron chi connectivity index (χ3n) is 4.04. The second-order valence-corrected chi connectivity index (χ2v) is 6.50. The highest BCUT2D eigenvalue weighted by Crippen LogP contribution is 2.20. The Morgan fingerprint density at radius 3 is 2.62 bits per heavy atom. The van der Waals surface area contributed by atoms with Gasteiger partial charge in [0.1, 0.15) is 5.76 Å². The summed E-state index contributed by atoms with van der Waals surface area (Å²) < 4.78 is 11.4. The van der Waals surface area contributed by atoms with E-state index in [1.165, 1.54) is 18.4 Å². The average molecular weight is 294 g/mol. The average Bonchev–Trinajstić information content (AvgIpc) is 3.14. The van der Waals surface area contributed by atoms with Gasteiger partial charge in [-0.2, -0.15) is 0 Å². The van der Waals surface area contributed by atoms with E-state index in [0.717, 1.165) is 25.5 Å². The molecule has 4 heteroatoms. The molecule has 1 heterocycles. The molecule has 0 bridgehead atoms. The van der Waals surface area contributed by atoms with Crippen LogP contribution in [0.1, 0.15) is 51.9 Å². The highest BCUT2D eigenvalue weighted by atomic mass is 16.5. The Morgan fingerprint density at radius 2 is 2.00 bits per heavy atom. The standard InChI is InChI=1S/C17H30N2O2/c1-13(2)19(14(3)4)8-10-20-12-15-7-9-21-17(15)11-18-16-5-6-16/h7,9,13-14,16,18H,5-6,8,10-12H2,1-4H3. The Morgan fingerprint density at radius 1 is 1.29 bits per heavy atom. The first-order chi connectivity index (χ1) is 10.1. The van der Waals surface area contributed by atoms with E-state index in [1.54, 1.807) is 6.26 Å². The van der Waals surface area contributed by atoms with Crippen LogP contribution in [-0.4, -0.2) is 36.2 Å². The van der Waals surface area contributed by atoms with Crippen LogP contribution in [0.5, 0.6) is 0 Å². The Hall–Kier alpha value is -0.840. The van der Waals surface area contributed by atoms with Crippen molar-refractivity contribution >= 4 is 0 Å². The maximum absolute atomic E-state index is 5.84. The molecule has 0 radical (unpaired) electrons. The topological polar surface area (TPSA) is 37.6 Å².